The highest BCUT2D eigenvalue weighted by atomic mass is 16.1. The Balaban J connectivity index is 1.86. The molecular weight excluding hydrogens is 250 g/mol. The first-order valence-corrected chi connectivity index (χ1v) is 6.25. The van der Waals surface area contributed by atoms with Gasteiger partial charge in [0.2, 0.25) is 0 Å². The lowest BCUT2D eigenvalue weighted by molar-refractivity contribution is 0.102. The number of nitrogens with zero attached hydrogens (tertiary/aromatic N) is 1. The van der Waals surface area contributed by atoms with E-state index in [0.29, 0.717) is 17.1 Å². The molecule has 0 aliphatic rings. The van der Waals surface area contributed by atoms with Crippen LogP contribution in [0.3, 0.4) is 0 Å². The van der Waals surface area contributed by atoms with Gasteiger partial charge in [0.05, 0.1) is 5.52 Å². The summed E-state index contributed by atoms with van der Waals surface area (Å²) < 4.78 is 0. The van der Waals surface area contributed by atoms with Crippen LogP contribution in [0.15, 0.2) is 60.7 Å². The summed E-state index contributed by atoms with van der Waals surface area (Å²) in [5.74, 6) is -0.236. The van der Waals surface area contributed by atoms with Gasteiger partial charge in [-0.25, -0.2) is 4.98 Å². The Hall–Kier alpha value is -2.88. The number of pyridine rings is 1. The smallest absolute Gasteiger partial charge is 0.274 e. The van der Waals surface area contributed by atoms with E-state index < -0.39 is 0 Å². The van der Waals surface area contributed by atoms with Crippen molar-refractivity contribution in [3.8, 4) is 0 Å². The number of nitrogens with one attached hydrogen (secondary N) is 1. The van der Waals surface area contributed by atoms with Crippen LogP contribution in [-0.2, 0) is 0 Å². The summed E-state index contributed by atoms with van der Waals surface area (Å²) in [6, 6.07) is 18.3. The average Bonchev–Trinajstić information content (AvgIpc) is 2.49. The first-order chi connectivity index (χ1) is 9.72. The fourth-order valence-electron chi connectivity index (χ4n) is 1.95. The molecule has 0 radical (unpaired) electrons. The predicted octanol–water partition coefficient (Wildman–Crippen LogP) is 3.07. The molecule has 3 rings (SSSR count). The molecule has 1 aromatic heterocycles. The molecule has 0 fully saturated rings. The lowest BCUT2D eigenvalue weighted by atomic mass is 10.2. The minimum Gasteiger partial charge on any atom is -0.399 e. The molecule has 4 nitrogen and oxygen atoms in total. The van der Waals surface area contributed by atoms with Crippen LogP contribution in [-0.4, -0.2) is 10.9 Å². The molecule has 3 aromatic rings. The number of hydrogen-bond acceptors (Lipinski definition) is 3. The predicted molar refractivity (Wildman–Crippen MR) is 80.6 cm³/mol. The zero-order valence-electron chi connectivity index (χ0n) is 10.7. The van der Waals surface area contributed by atoms with E-state index in [-0.39, 0.29) is 5.91 Å². The monoisotopic (exact) mass is 263 g/mol. The van der Waals surface area contributed by atoms with Gasteiger partial charge in [-0.3, -0.25) is 4.79 Å². The minimum absolute atomic E-state index is 0.236. The molecule has 98 valence electrons. The van der Waals surface area contributed by atoms with Crippen molar-refractivity contribution in [1.29, 1.82) is 0 Å². The number of benzene rings is 2. The quantitative estimate of drug-likeness (QED) is 0.698. The second kappa shape index (κ2) is 5.01. The van der Waals surface area contributed by atoms with Gasteiger partial charge in [0.25, 0.3) is 5.91 Å². The maximum atomic E-state index is 12.1. The third-order valence-corrected chi connectivity index (χ3v) is 3.00. The van der Waals surface area contributed by atoms with Crippen LogP contribution < -0.4 is 11.1 Å². The van der Waals surface area contributed by atoms with Crippen molar-refractivity contribution < 1.29 is 4.79 Å². The number of anilines is 2. The van der Waals surface area contributed by atoms with E-state index in [9.17, 15) is 4.79 Å². The Labute approximate surface area is 116 Å². The van der Waals surface area contributed by atoms with Gasteiger partial charge in [0, 0.05) is 16.8 Å². The maximum Gasteiger partial charge on any atom is 0.274 e. The Bertz CT molecular complexity index is 766. The van der Waals surface area contributed by atoms with Crippen molar-refractivity contribution in [1.82, 2.24) is 4.98 Å². The molecule has 3 N–H and O–H groups in total. The first kappa shape index (κ1) is 12.2. The van der Waals surface area contributed by atoms with Crippen molar-refractivity contribution in [3.05, 3.63) is 66.4 Å². The molecule has 1 heterocycles. The Morgan fingerprint density at radius 3 is 2.50 bits per heavy atom. The average molecular weight is 263 g/mol. The van der Waals surface area contributed by atoms with E-state index in [2.05, 4.69) is 10.3 Å². The number of nitrogens with two attached hydrogens (primary N) is 1. The van der Waals surface area contributed by atoms with Gasteiger partial charge in [-0.1, -0.05) is 24.3 Å². The van der Waals surface area contributed by atoms with E-state index >= 15 is 0 Å². The van der Waals surface area contributed by atoms with Crippen molar-refractivity contribution >= 4 is 28.2 Å². The molecule has 1 amide bonds. The van der Waals surface area contributed by atoms with E-state index in [0.717, 1.165) is 10.9 Å². The van der Waals surface area contributed by atoms with Gasteiger partial charge in [-0.15, -0.1) is 0 Å². The molecule has 0 aliphatic carbocycles. The summed E-state index contributed by atoms with van der Waals surface area (Å²) in [6.07, 6.45) is 0. The standard InChI is InChI=1S/C16H13N3O/c17-12-6-8-13(9-7-12)18-16(20)15-10-5-11-3-1-2-4-14(11)19-15/h1-10H,17H2,(H,18,20). The second-order valence-corrected chi connectivity index (χ2v) is 4.47. The highest BCUT2D eigenvalue weighted by Crippen LogP contribution is 2.14. The molecule has 2 aromatic carbocycles. The van der Waals surface area contributed by atoms with Crippen LogP contribution in [0.5, 0.6) is 0 Å². The van der Waals surface area contributed by atoms with Crippen molar-refractivity contribution in [2.75, 3.05) is 11.1 Å². The number of fused-ring (bicyclic) bond motifs is 1. The number of hydrogen-bond donors (Lipinski definition) is 2. The van der Waals surface area contributed by atoms with Crippen molar-refractivity contribution in [3.63, 3.8) is 0 Å². The molecule has 0 saturated carbocycles. The van der Waals surface area contributed by atoms with Crippen LogP contribution in [0.4, 0.5) is 11.4 Å². The minimum atomic E-state index is -0.236. The highest BCUT2D eigenvalue weighted by Gasteiger charge is 2.08. The molecule has 20 heavy (non-hydrogen) atoms. The highest BCUT2D eigenvalue weighted by molar-refractivity contribution is 6.04. The van der Waals surface area contributed by atoms with Crippen LogP contribution in [0.25, 0.3) is 10.9 Å². The number of rotatable bonds is 2. The lowest BCUT2D eigenvalue weighted by Crippen LogP contribution is -2.13. The summed E-state index contributed by atoms with van der Waals surface area (Å²) >= 11 is 0. The van der Waals surface area contributed by atoms with Crippen LogP contribution in [0, 0.1) is 0 Å². The molecule has 0 aliphatic heterocycles. The zero-order chi connectivity index (χ0) is 13.9. The van der Waals surface area contributed by atoms with Gasteiger partial charge >= 0.3 is 0 Å². The Morgan fingerprint density at radius 2 is 1.70 bits per heavy atom. The number of carbonyl (C=O) groups is 1. The van der Waals surface area contributed by atoms with Crippen molar-refractivity contribution in [2.45, 2.75) is 0 Å². The number of amides is 1. The third-order valence-electron chi connectivity index (χ3n) is 3.00. The van der Waals surface area contributed by atoms with E-state index in [4.69, 9.17) is 5.73 Å². The number of aromatic nitrogens is 1. The Morgan fingerprint density at radius 1 is 0.950 bits per heavy atom. The number of nitrogen functional groups attached to an aromatic ring is 1. The van der Waals surface area contributed by atoms with Gasteiger partial charge < -0.3 is 11.1 Å². The summed E-state index contributed by atoms with van der Waals surface area (Å²) in [6.45, 7) is 0. The topological polar surface area (TPSA) is 68.0 Å². The fraction of sp³-hybridized carbons (Fsp3) is 0. The number of carbonyl (C=O) groups excluding carboxylic acids is 1. The zero-order valence-corrected chi connectivity index (χ0v) is 10.7. The maximum absolute atomic E-state index is 12.1. The van der Waals surface area contributed by atoms with E-state index in [1.807, 2.05) is 30.3 Å². The SMILES string of the molecule is Nc1ccc(NC(=O)c2ccc3ccccc3n2)cc1. The number of para-hydroxylation sites is 1. The molecule has 4 heteroatoms. The first-order valence-electron chi connectivity index (χ1n) is 6.25. The molecule has 0 bridgehead atoms. The normalized spacial score (nSPS) is 10.4. The molecule has 0 atom stereocenters. The van der Waals surface area contributed by atoms with Crippen LogP contribution in [0.1, 0.15) is 10.5 Å². The van der Waals surface area contributed by atoms with Crippen LogP contribution in [0.2, 0.25) is 0 Å². The van der Waals surface area contributed by atoms with Gasteiger partial charge in [-0.2, -0.15) is 0 Å². The lowest BCUT2D eigenvalue weighted by Gasteiger charge is -2.06. The third kappa shape index (κ3) is 2.44. The van der Waals surface area contributed by atoms with E-state index in [1.165, 1.54) is 0 Å². The summed E-state index contributed by atoms with van der Waals surface area (Å²) in [5, 5.41) is 3.80. The Kier molecular flexibility index (Phi) is 3.05. The van der Waals surface area contributed by atoms with E-state index in [1.54, 1.807) is 30.3 Å². The molecule has 0 unspecified atom stereocenters. The van der Waals surface area contributed by atoms with Crippen LogP contribution >= 0.6 is 0 Å². The largest absolute Gasteiger partial charge is 0.399 e. The summed E-state index contributed by atoms with van der Waals surface area (Å²) in [4.78, 5) is 16.5. The van der Waals surface area contributed by atoms with Gasteiger partial charge in [0.1, 0.15) is 5.69 Å². The molecule has 0 spiro atoms. The molecule has 0 saturated heterocycles. The van der Waals surface area contributed by atoms with Crippen molar-refractivity contribution in [2.24, 2.45) is 0 Å². The fourth-order valence-corrected chi connectivity index (χ4v) is 1.95. The molecular formula is C16H13N3O. The summed E-state index contributed by atoms with van der Waals surface area (Å²) in [5.41, 5.74) is 8.15. The summed E-state index contributed by atoms with van der Waals surface area (Å²) in [7, 11) is 0. The van der Waals surface area contributed by atoms with Gasteiger partial charge in [-0.05, 0) is 36.4 Å². The second-order valence-electron chi connectivity index (χ2n) is 4.47. The van der Waals surface area contributed by atoms with Gasteiger partial charge in [0.15, 0.2) is 0 Å².